The number of benzene rings is 2. The number of oxazole rings is 1. The van der Waals surface area contributed by atoms with Crippen LogP contribution in [0.25, 0.3) is 11.1 Å². The number of nitrogens with zero attached hydrogens (tertiary/aromatic N) is 1. The van der Waals surface area contributed by atoms with E-state index in [0.717, 1.165) is 16.6 Å². The van der Waals surface area contributed by atoms with Crippen LogP contribution in [0.15, 0.2) is 52.9 Å². The molecule has 1 heterocycles. The van der Waals surface area contributed by atoms with E-state index >= 15 is 0 Å². The highest BCUT2D eigenvalue weighted by Crippen LogP contribution is 2.15. The van der Waals surface area contributed by atoms with Crippen LogP contribution in [0.3, 0.4) is 0 Å². The predicted octanol–water partition coefficient (Wildman–Crippen LogP) is 2.80. The Bertz CT molecular complexity index is 883. The Morgan fingerprint density at radius 3 is 2.61 bits per heavy atom. The van der Waals surface area contributed by atoms with Crippen molar-refractivity contribution >= 4 is 21.1 Å². The van der Waals surface area contributed by atoms with Crippen LogP contribution in [-0.2, 0) is 22.2 Å². The first-order chi connectivity index (χ1) is 11.0. The van der Waals surface area contributed by atoms with Crippen molar-refractivity contribution in [3.63, 3.8) is 0 Å². The zero-order valence-corrected chi connectivity index (χ0v) is 13.6. The molecule has 0 aliphatic heterocycles. The van der Waals surface area contributed by atoms with Crippen LogP contribution in [0.1, 0.15) is 17.0 Å². The number of rotatable bonds is 6. The molecule has 0 fully saturated rings. The van der Waals surface area contributed by atoms with Gasteiger partial charge in [0.05, 0.1) is 5.75 Å². The lowest BCUT2D eigenvalue weighted by molar-refractivity contribution is 0.523. The number of sulfonamides is 1. The highest BCUT2D eigenvalue weighted by atomic mass is 32.2. The summed E-state index contributed by atoms with van der Waals surface area (Å²) in [6, 6.07) is 14.9. The van der Waals surface area contributed by atoms with Crippen molar-refractivity contribution < 1.29 is 12.8 Å². The Labute approximate surface area is 135 Å². The molecule has 0 saturated carbocycles. The number of aromatic nitrogens is 1. The molecule has 23 heavy (non-hydrogen) atoms. The van der Waals surface area contributed by atoms with E-state index in [4.69, 9.17) is 4.42 Å². The van der Waals surface area contributed by atoms with Crippen LogP contribution in [0.5, 0.6) is 0 Å². The number of hydrogen-bond acceptors (Lipinski definition) is 4. The molecule has 0 aliphatic rings. The number of aryl methyl sites for hydroxylation is 1. The minimum Gasteiger partial charge on any atom is -0.441 e. The topological polar surface area (TPSA) is 72.2 Å². The SMILES string of the molecule is Cc1ccccc1CS(=O)(=O)NCCc1nc2ccccc2o1. The van der Waals surface area contributed by atoms with Crippen LogP contribution >= 0.6 is 0 Å². The maximum atomic E-state index is 12.2. The average Bonchev–Trinajstić information content (AvgIpc) is 2.92. The summed E-state index contributed by atoms with van der Waals surface area (Å²) in [5.74, 6) is 0.512. The summed E-state index contributed by atoms with van der Waals surface area (Å²) in [6.07, 6.45) is 0.418. The summed E-state index contributed by atoms with van der Waals surface area (Å²) in [5, 5.41) is 0. The zero-order chi connectivity index (χ0) is 16.3. The number of hydrogen-bond donors (Lipinski definition) is 1. The van der Waals surface area contributed by atoms with Crippen molar-refractivity contribution in [2.75, 3.05) is 6.54 Å². The molecule has 3 rings (SSSR count). The second-order valence-corrected chi connectivity index (χ2v) is 7.21. The molecule has 0 saturated heterocycles. The van der Waals surface area contributed by atoms with Crippen LogP contribution in [-0.4, -0.2) is 19.9 Å². The van der Waals surface area contributed by atoms with E-state index in [1.807, 2.05) is 55.5 Å². The van der Waals surface area contributed by atoms with Gasteiger partial charge in [0.2, 0.25) is 10.0 Å². The van der Waals surface area contributed by atoms with Crippen LogP contribution in [0.4, 0.5) is 0 Å². The van der Waals surface area contributed by atoms with Crippen LogP contribution in [0, 0.1) is 6.92 Å². The second-order valence-electron chi connectivity index (χ2n) is 5.41. The summed E-state index contributed by atoms with van der Waals surface area (Å²) in [5.41, 5.74) is 3.27. The Morgan fingerprint density at radius 1 is 1.09 bits per heavy atom. The van der Waals surface area contributed by atoms with Crippen molar-refractivity contribution in [3.8, 4) is 0 Å². The van der Waals surface area contributed by atoms with Gasteiger partial charge in [0.1, 0.15) is 5.52 Å². The molecule has 6 heteroatoms. The molecule has 0 bridgehead atoms. The van der Waals surface area contributed by atoms with Gasteiger partial charge in [0.15, 0.2) is 11.5 Å². The third-order valence-corrected chi connectivity index (χ3v) is 4.94. The molecule has 3 aromatic rings. The van der Waals surface area contributed by atoms with E-state index in [1.54, 1.807) is 0 Å². The summed E-state index contributed by atoms with van der Waals surface area (Å²) in [7, 11) is -3.38. The van der Waals surface area contributed by atoms with Crippen LogP contribution in [0.2, 0.25) is 0 Å². The molecule has 0 unspecified atom stereocenters. The number of para-hydroxylation sites is 2. The van der Waals surface area contributed by atoms with E-state index in [1.165, 1.54) is 0 Å². The first-order valence-electron chi connectivity index (χ1n) is 7.40. The fourth-order valence-electron chi connectivity index (χ4n) is 2.37. The minimum absolute atomic E-state index is 0.0206. The number of fused-ring (bicyclic) bond motifs is 1. The van der Waals surface area contributed by atoms with Gasteiger partial charge in [0, 0.05) is 13.0 Å². The summed E-state index contributed by atoms with van der Waals surface area (Å²) in [4.78, 5) is 4.33. The molecule has 2 aromatic carbocycles. The van der Waals surface area contributed by atoms with Crippen molar-refractivity contribution in [3.05, 3.63) is 65.5 Å². The molecule has 120 valence electrons. The molecule has 0 aliphatic carbocycles. The van der Waals surface area contributed by atoms with Crippen molar-refractivity contribution in [1.82, 2.24) is 9.71 Å². The maximum Gasteiger partial charge on any atom is 0.215 e. The van der Waals surface area contributed by atoms with Gasteiger partial charge < -0.3 is 4.42 Å². The van der Waals surface area contributed by atoms with E-state index < -0.39 is 10.0 Å². The average molecular weight is 330 g/mol. The van der Waals surface area contributed by atoms with Gasteiger partial charge in [-0.25, -0.2) is 18.1 Å². The van der Waals surface area contributed by atoms with Crippen molar-refractivity contribution in [2.24, 2.45) is 0 Å². The van der Waals surface area contributed by atoms with E-state index in [9.17, 15) is 8.42 Å². The standard InChI is InChI=1S/C17H18N2O3S/c1-13-6-2-3-7-14(13)12-23(20,21)18-11-10-17-19-15-8-4-5-9-16(15)22-17/h2-9,18H,10-12H2,1H3. The Morgan fingerprint density at radius 2 is 1.83 bits per heavy atom. The maximum absolute atomic E-state index is 12.2. The lowest BCUT2D eigenvalue weighted by Crippen LogP contribution is -2.27. The molecule has 0 atom stereocenters. The molecular weight excluding hydrogens is 312 g/mol. The normalized spacial score (nSPS) is 11.9. The largest absolute Gasteiger partial charge is 0.441 e. The predicted molar refractivity (Wildman–Crippen MR) is 89.5 cm³/mol. The monoisotopic (exact) mass is 330 g/mol. The van der Waals surface area contributed by atoms with Crippen LogP contribution < -0.4 is 4.72 Å². The lowest BCUT2D eigenvalue weighted by atomic mass is 10.1. The molecule has 0 spiro atoms. The summed E-state index contributed by atoms with van der Waals surface area (Å²) < 4.78 is 32.5. The highest BCUT2D eigenvalue weighted by molar-refractivity contribution is 7.88. The first kappa shape index (κ1) is 15.7. The van der Waals surface area contributed by atoms with Gasteiger partial charge in [-0.3, -0.25) is 0 Å². The second kappa shape index (κ2) is 6.52. The highest BCUT2D eigenvalue weighted by Gasteiger charge is 2.13. The number of nitrogens with one attached hydrogen (secondary N) is 1. The third-order valence-electron chi connectivity index (χ3n) is 3.61. The van der Waals surface area contributed by atoms with Gasteiger partial charge in [-0.15, -0.1) is 0 Å². The quantitative estimate of drug-likeness (QED) is 0.754. The smallest absolute Gasteiger partial charge is 0.215 e. The van der Waals surface area contributed by atoms with Gasteiger partial charge in [0.25, 0.3) is 0 Å². The first-order valence-corrected chi connectivity index (χ1v) is 9.05. The fraction of sp³-hybridized carbons (Fsp3) is 0.235. The molecule has 0 radical (unpaired) electrons. The van der Waals surface area contributed by atoms with Gasteiger partial charge in [-0.05, 0) is 30.2 Å². The molecular formula is C17H18N2O3S. The van der Waals surface area contributed by atoms with Crippen molar-refractivity contribution in [1.29, 1.82) is 0 Å². The molecule has 1 aromatic heterocycles. The van der Waals surface area contributed by atoms with Gasteiger partial charge in [-0.1, -0.05) is 36.4 Å². The molecule has 1 N–H and O–H groups in total. The Hall–Kier alpha value is -2.18. The minimum atomic E-state index is -3.38. The van der Waals surface area contributed by atoms with Gasteiger partial charge in [-0.2, -0.15) is 0 Å². The summed E-state index contributed by atoms with van der Waals surface area (Å²) >= 11 is 0. The van der Waals surface area contributed by atoms with Crippen molar-refractivity contribution in [2.45, 2.75) is 19.1 Å². The molecule has 0 amide bonds. The van der Waals surface area contributed by atoms with E-state index in [0.29, 0.717) is 17.9 Å². The third kappa shape index (κ3) is 3.97. The van der Waals surface area contributed by atoms with Gasteiger partial charge >= 0.3 is 0 Å². The fourth-order valence-corrected chi connectivity index (χ4v) is 3.62. The van der Waals surface area contributed by atoms with E-state index in [2.05, 4.69) is 9.71 Å². The zero-order valence-electron chi connectivity index (χ0n) is 12.8. The lowest BCUT2D eigenvalue weighted by Gasteiger charge is -2.08. The summed E-state index contributed by atoms with van der Waals surface area (Å²) in [6.45, 7) is 2.17. The Balaban J connectivity index is 1.60. The van der Waals surface area contributed by atoms with E-state index in [-0.39, 0.29) is 12.3 Å². The Kier molecular flexibility index (Phi) is 4.45. The molecule has 5 nitrogen and oxygen atoms in total.